The number of carbonyl (C=O) groups excluding carboxylic acids is 1. The Morgan fingerprint density at radius 3 is 2.72 bits per heavy atom. The average Bonchev–Trinajstić information content (AvgIpc) is 2.46. The van der Waals surface area contributed by atoms with Crippen molar-refractivity contribution in [3.63, 3.8) is 0 Å². The second kappa shape index (κ2) is 5.60. The van der Waals surface area contributed by atoms with Gasteiger partial charge in [0.05, 0.1) is 0 Å². The van der Waals surface area contributed by atoms with Crippen molar-refractivity contribution in [1.82, 2.24) is 4.98 Å². The smallest absolute Gasteiger partial charge is 0.232 e. The SMILES string of the molecule is N#Cc1cccnc1OCC(=O)c1ccccc1. The van der Waals surface area contributed by atoms with Crippen LogP contribution in [0, 0.1) is 11.3 Å². The topological polar surface area (TPSA) is 63.0 Å². The molecule has 4 nitrogen and oxygen atoms in total. The number of Topliss-reactive ketones (excluding diaryl/α,β-unsaturated/α-hetero) is 1. The van der Waals surface area contributed by atoms with Gasteiger partial charge in [-0.25, -0.2) is 4.98 Å². The van der Waals surface area contributed by atoms with Crippen molar-refractivity contribution in [3.05, 3.63) is 59.8 Å². The summed E-state index contributed by atoms with van der Waals surface area (Å²) in [5.41, 5.74) is 0.894. The molecule has 1 heterocycles. The van der Waals surface area contributed by atoms with Crippen molar-refractivity contribution in [1.29, 1.82) is 5.26 Å². The number of hydrogen-bond acceptors (Lipinski definition) is 4. The number of rotatable bonds is 4. The molecule has 1 aromatic heterocycles. The van der Waals surface area contributed by atoms with E-state index in [1.165, 1.54) is 6.20 Å². The molecule has 88 valence electrons. The van der Waals surface area contributed by atoms with E-state index >= 15 is 0 Å². The third-order valence-corrected chi connectivity index (χ3v) is 2.33. The summed E-state index contributed by atoms with van der Waals surface area (Å²) in [7, 11) is 0. The summed E-state index contributed by atoms with van der Waals surface area (Å²) >= 11 is 0. The highest BCUT2D eigenvalue weighted by Gasteiger charge is 2.09. The molecule has 0 aliphatic rings. The first-order valence-electron chi connectivity index (χ1n) is 5.37. The number of nitrogens with zero attached hydrogens (tertiary/aromatic N) is 2. The lowest BCUT2D eigenvalue weighted by Crippen LogP contribution is -2.12. The Hall–Kier alpha value is -2.67. The van der Waals surface area contributed by atoms with Crippen LogP contribution in [0.5, 0.6) is 5.88 Å². The molecule has 0 atom stereocenters. The Kier molecular flexibility index (Phi) is 3.67. The highest BCUT2D eigenvalue weighted by Crippen LogP contribution is 2.13. The van der Waals surface area contributed by atoms with E-state index in [1.807, 2.05) is 12.1 Å². The molecule has 0 spiro atoms. The Balaban J connectivity index is 2.05. The van der Waals surface area contributed by atoms with Crippen molar-refractivity contribution >= 4 is 5.78 Å². The Bertz CT molecular complexity index is 588. The van der Waals surface area contributed by atoms with E-state index in [0.717, 1.165) is 0 Å². The standard InChI is InChI=1S/C14H10N2O2/c15-9-12-7-4-8-16-14(12)18-10-13(17)11-5-2-1-3-6-11/h1-8H,10H2. The maximum atomic E-state index is 11.8. The van der Waals surface area contributed by atoms with Crippen molar-refractivity contribution < 1.29 is 9.53 Å². The van der Waals surface area contributed by atoms with Crippen LogP contribution in [0.3, 0.4) is 0 Å². The van der Waals surface area contributed by atoms with E-state index in [2.05, 4.69) is 4.98 Å². The summed E-state index contributed by atoms with van der Waals surface area (Å²) in [6, 6.07) is 14.0. The van der Waals surface area contributed by atoms with E-state index in [4.69, 9.17) is 10.00 Å². The second-order valence-corrected chi connectivity index (χ2v) is 3.55. The molecular weight excluding hydrogens is 228 g/mol. The van der Waals surface area contributed by atoms with E-state index in [1.54, 1.807) is 36.4 Å². The number of aromatic nitrogens is 1. The molecule has 0 amide bonds. The van der Waals surface area contributed by atoms with Crippen LogP contribution in [0.2, 0.25) is 0 Å². The molecule has 0 fully saturated rings. The molecule has 18 heavy (non-hydrogen) atoms. The van der Waals surface area contributed by atoms with Gasteiger partial charge in [-0.1, -0.05) is 30.3 Å². The van der Waals surface area contributed by atoms with E-state index < -0.39 is 0 Å². The Labute approximate surface area is 104 Å². The summed E-state index contributed by atoms with van der Waals surface area (Å²) in [6.45, 7) is -0.129. The molecule has 0 saturated heterocycles. The first kappa shape index (κ1) is 11.8. The fourth-order valence-electron chi connectivity index (χ4n) is 1.43. The molecule has 0 unspecified atom stereocenters. The molecular formula is C14H10N2O2. The monoisotopic (exact) mass is 238 g/mol. The van der Waals surface area contributed by atoms with Gasteiger partial charge in [0.15, 0.2) is 12.4 Å². The van der Waals surface area contributed by atoms with Crippen LogP contribution in [-0.2, 0) is 0 Å². The number of carbonyl (C=O) groups is 1. The number of nitriles is 1. The highest BCUT2D eigenvalue weighted by atomic mass is 16.5. The number of pyridine rings is 1. The molecule has 1 aromatic carbocycles. The fourth-order valence-corrected chi connectivity index (χ4v) is 1.43. The normalized spacial score (nSPS) is 9.50. The number of benzene rings is 1. The van der Waals surface area contributed by atoms with Crippen LogP contribution < -0.4 is 4.74 Å². The van der Waals surface area contributed by atoms with Gasteiger partial charge >= 0.3 is 0 Å². The van der Waals surface area contributed by atoms with Crippen LogP contribution in [0.25, 0.3) is 0 Å². The molecule has 4 heteroatoms. The third kappa shape index (κ3) is 2.71. The van der Waals surface area contributed by atoms with Gasteiger partial charge < -0.3 is 4.74 Å². The molecule has 0 aliphatic heterocycles. The van der Waals surface area contributed by atoms with Crippen molar-refractivity contribution in [2.75, 3.05) is 6.61 Å². The molecule has 0 N–H and O–H groups in total. The summed E-state index contributed by atoms with van der Waals surface area (Å²) in [4.78, 5) is 15.7. The van der Waals surface area contributed by atoms with Crippen molar-refractivity contribution in [3.8, 4) is 11.9 Å². The first-order valence-corrected chi connectivity index (χ1v) is 5.37. The Morgan fingerprint density at radius 1 is 1.22 bits per heavy atom. The molecule has 2 rings (SSSR count). The minimum Gasteiger partial charge on any atom is -0.468 e. The number of ether oxygens (including phenoxy) is 1. The lowest BCUT2D eigenvalue weighted by Gasteiger charge is -2.05. The van der Waals surface area contributed by atoms with Crippen molar-refractivity contribution in [2.24, 2.45) is 0 Å². The lowest BCUT2D eigenvalue weighted by molar-refractivity contribution is 0.0918. The molecule has 0 radical (unpaired) electrons. The quantitative estimate of drug-likeness (QED) is 0.766. The zero-order valence-electron chi connectivity index (χ0n) is 9.54. The van der Waals surface area contributed by atoms with Crippen LogP contribution >= 0.6 is 0 Å². The molecule has 0 saturated carbocycles. The van der Waals surface area contributed by atoms with E-state index in [9.17, 15) is 4.79 Å². The van der Waals surface area contributed by atoms with Gasteiger partial charge in [0.2, 0.25) is 5.88 Å². The van der Waals surface area contributed by atoms with Crippen LogP contribution in [0.1, 0.15) is 15.9 Å². The van der Waals surface area contributed by atoms with Gasteiger partial charge in [-0.3, -0.25) is 4.79 Å². The van der Waals surface area contributed by atoms with E-state index in [0.29, 0.717) is 11.1 Å². The summed E-state index contributed by atoms with van der Waals surface area (Å²) in [5, 5.41) is 8.85. The molecule has 0 bridgehead atoms. The minimum absolute atomic E-state index is 0.129. The predicted octanol–water partition coefficient (Wildman–Crippen LogP) is 2.21. The van der Waals surface area contributed by atoms with Gasteiger partial charge in [-0.2, -0.15) is 5.26 Å². The lowest BCUT2D eigenvalue weighted by atomic mass is 10.1. The van der Waals surface area contributed by atoms with Gasteiger partial charge in [0.1, 0.15) is 11.6 Å². The maximum absolute atomic E-state index is 11.8. The van der Waals surface area contributed by atoms with Crippen LogP contribution in [0.15, 0.2) is 48.7 Å². The predicted molar refractivity (Wildman–Crippen MR) is 65.2 cm³/mol. The fraction of sp³-hybridized carbons (Fsp3) is 0.0714. The van der Waals surface area contributed by atoms with Gasteiger partial charge in [-0.05, 0) is 12.1 Å². The molecule has 0 aliphatic carbocycles. The highest BCUT2D eigenvalue weighted by molar-refractivity contribution is 5.97. The van der Waals surface area contributed by atoms with Gasteiger partial charge in [0.25, 0.3) is 0 Å². The van der Waals surface area contributed by atoms with Crippen LogP contribution in [-0.4, -0.2) is 17.4 Å². The number of hydrogen-bond donors (Lipinski definition) is 0. The summed E-state index contributed by atoms with van der Waals surface area (Å²) in [5.74, 6) is 0.0365. The molecule has 2 aromatic rings. The van der Waals surface area contributed by atoms with Gasteiger partial charge in [-0.15, -0.1) is 0 Å². The largest absolute Gasteiger partial charge is 0.468 e. The zero-order valence-corrected chi connectivity index (χ0v) is 9.54. The second-order valence-electron chi connectivity index (χ2n) is 3.55. The summed E-state index contributed by atoms with van der Waals surface area (Å²) in [6.07, 6.45) is 1.52. The first-order chi connectivity index (χ1) is 8.81. The summed E-state index contributed by atoms with van der Waals surface area (Å²) < 4.78 is 5.26. The van der Waals surface area contributed by atoms with Gasteiger partial charge in [0, 0.05) is 11.8 Å². The third-order valence-electron chi connectivity index (χ3n) is 2.33. The van der Waals surface area contributed by atoms with Crippen molar-refractivity contribution in [2.45, 2.75) is 0 Å². The van der Waals surface area contributed by atoms with Crippen LogP contribution in [0.4, 0.5) is 0 Å². The maximum Gasteiger partial charge on any atom is 0.232 e. The minimum atomic E-state index is -0.148. The van der Waals surface area contributed by atoms with E-state index in [-0.39, 0.29) is 18.3 Å². The average molecular weight is 238 g/mol. The zero-order chi connectivity index (χ0) is 12.8. The number of ketones is 1. The Morgan fingerprint density at radius 2 is 2.00 bits per heavy atom.